The Labute approximate surface area is 152 Å². The fraction of sp³-hybridized carbons (Fsp3) is 0.353. The normalized spacial score (nSPS) is 11.0. The number of hydrogen-bond acceptors (Lipinski definition) is 5. The molecule has 0 spiro atoms. The van der Waals surface area contributed by atoms with Gasteiger partial charge in [0.15, 0.2) is 0 Å². The molecule has 0 aliphatic heterocycles. The summed E-state index contributed by atoms with van der Waals surface area (Å²) in [6, 6.07) is 5.13. The first-order chi connectivity index (χ1) is 11.5. The Hall–Kier alpha value is -2.38. The Morgan fingerprint density at radius 2 is 2.08 bits per heavy atom. The van der Waals surface area contributed by atoms with E-state index in [0.29, 0.717) is 23.3 Å². The van der Waals surface area contributed by atoms with Gasteiger partial charge in [0.05, 0.1) is 10.9 Å². The number of hydrogen-bond donors (Lipinski definition) is 1. The Kier molecular flexibility index (Phi) is 8.10. The minimum absolute atomic E-state index is 0. The number of aromatic nitrogens is 2. The highest BCUT2D eigenvalue weighted by Crippen LogP contribution is 2.16. The molecule has 2 rings (SSSR count). The quantitative estimate of drug-likeness (QED) is 0.719. The van der Waals surface area contributed by atoms with E-state index in [0.717, 1.165) is 30.3 Å². The summed E-state index contributed by atoms with van der Waals surface area (Å²) in [5.41, 5.74) is 0.197. The molecule has 136 valence electrons. The van der Waals surface area contributed by atoms with Gasteiger partial charge in [0, 0.05) is 18.8 Å². The molecule has 0 radical (unpaired) electrons. The third-order valence-corrected chi connectivity index (χ3v) is 3.70. The summed E-state index contributed by atoms with van der Waals surface area (Å²) in [6.07, 6.45) is 3.36. The standard InChI is InChI=1S/C17H21N3O4.ClH/c1-3-19(4-2)9-10-24-13-5-6-15-14(11-13)17(23)20(12-18-15)8-7-16(21)22;/h5-8,11-12H,3-4,9-10H2,1-2H3,(H,21,22);1H. The van der Waals surface area contributed by atoms with E-state index in [-0.39, 0.29) is 18.0 Å². The fourth-order valence-electron chi connectivity index (χ4n) is 2.29. The average molecular weight is 368 g/mol. The second-order valence-electron chi connectivity index (χ2n) is 5.17. The molecule has 1 N–H and O–H groups in total. The molecule has 0 saturated carbocycles. The first-order valence-electron chi connectivity index (χ1n) is 7.82. The van der Waals surface area contributed by atoms with E-state index >= 15 is 0 Å². The van der Waals surface area contributed by atoms with Crippen molar-refractivity contribution in [3.8, 4) is 5.75 Å². The van der Waals surface area contributed by atoms with Crippen molar-refractivity contribution in [3.63, 3.8) is 0 Å². The Morgan fingerprint density at radius 3 is 2.72 bits per heavy atom. The van der Waals surface area contributed by atoms with Crippen LogP contribution < -0.4 is 10.3 Å². The lowest BCUT2D eigenvalue weighted by atomic mass is 10.2. The fourth-order valence-corrected chi connectivity index (χ4v) is 2.29. The predicted molar refractivity (Wildman–Crippen MR) is 99.5 cm³/mol. The van der Waals surface area contributed by atoms with Gasteiger partial charge in [0.25, 0.3) is 5.56 Å². The van der Waals surface area contributed by atoms with Gasteiger partial charge in [-0.2, -0.15) is 0 Å². The Morgan fingerprint density at radius 1 is 1.36 bits per heavy atom. The average Bonchev–Trinajstić information content (AvgIpc) is 2.58. The smallest absolute Gasteiger partial charge is 0.329 e. The van der Waals surface area contributed by atoms with E-state index in [2.05, 4.69) is 23.7 Å². The molecule has 1 aromatic heterocycles. The molecule has 0 aliphatic carbocycles. The lowest BCUT2D eigenvalue weighted by Gasteiger charge is -2.18. The molecule has 1 aromatic carbocycles. The molecule has 0 aliphatic rings. The van der Waals surface area contributed by atoms with Gasteiger partial charge in [-0.15, -0.1) is 12.4 Å². The second kappa shape index (κ2) is 9.80. The van der Waals surface area contributed by atoms with Crippen LogP contribution in [0.15, 0.2) is 35.4 Å². The largest absolute Gasteiger partial charge is 0.492 e. The monoisotopic (exact) mass is 367 g/mol. The molecule has 7 nitrogen and oxygen atoms in total. The molecule has 1 heterocycles. The van der Waals surface area contributed by atoms with E-state index in [9.17, 15) is 9.59 Å². The third kappa shape index (κ3) is 5.58. The number of likely N-dealkylation sites (N-methyl/N-ethyl adjacent to an activating group) is 1. The van der Waals surface area contributed by atoms with Gasteiger partial charge >= 0.3 is 5.97 Å². The van der Waals surface area contributed by atoms with Crippen LogP contribution in [-0.2, 0) is 4.79 Å². The van der Waals surface area contributed by atoms with E-state index < -0.39 is 5.97 Å². The van der Waals surface area contributed by atoms with Gasteiger partial charge in [-0.25, -0.2) is 9.78 Å². The van der Waals surface area contributed by atoms with E-state index in [1.165, 1.54) is 12.5 Å². The number of rotatable bonds is 8. The zero-order valence-electron chi connectivity index (χ0n) is 14.2. The van der Waals surface area contributed by atoms with E-state index in [4.69, 9.17) is 9.84 Å². The highest BCUT2D eigenvalue weighted by atomic mass is 35.5. The maximum Gasteiger partial charge on any atom is 0.329 e. The summed E-state index contributed by atoms with van der Waals surface area (Å²) in [6.45, 7) is 7.45. The molecule has 8 heteroatoms. The number of nitrogens with zero attached hydrogens (tertiary/aromatic N) is 3. The van der Waals surface area contributed by atoms with Gasteiger partial charge in [-0.3, -0.25) is 9.36 Å². The SMILES string of the molecule is CCN(CC)CCOc1ccc2ncn(C=CC(=O)O)c(=O)c2c1.Cl. The van der Waals surface area contributed by atoms with Crippen molar-refractivity contribution in [2.75, 3.05) is 26.2 Å². The molecular formula is C17H22ClN3O4. The van der Waals surface area contributed by atoms with Crippen LogP contribution in [0.3, 0.4) is 0 Å². The van der Waals surface area contributed by atoms with Crippen molar-refractivity contribution >= 4 is 35.5 Å². The summed E-state index contributed by atoms with van der Waals surface area (Å²) in [7, 11) is 0. The maximum absolute atomic E-state index is 12.4. The van der Waals surface area contributed by atoms with Crippen molar-refractivity contribution in [1.82, 2.24) is 14.5 Å². The van der Waals surface area contributed by atoms with Crippen LogP contribution >= 0.6 is 12.4 Å². The predicted octanol–water partition coefficient (Wildman–Crippen LogP) is 2.09. The van der Waals surface area contributed by atoms with Gasteiger partial charge in [-0.1, -0.05) is 13.8 Å². The van der Waals surface area contributed by atoms with Crippen LogP contribution in [-0.4, -0.2) is 51.8 Å². The summed E-state index contributed by atoms with van der Waals surface area (Å²) >= 11 is 0. The van der Waals surface area contributed by atoms with Gasteiger partial charge in [0.1, 0.15) is 18.7 Å². The Bertz CT molecular complexity index is 800. The lowest BCUT2D eigenvalue weighted by Crippen LogP contribution is -2.27. The van der Waals surface area contributed by atoms with Crippen molar-refractivity contribution in [1.29, 1.82) is 0 Å². The zero-order valence-corrected chi connectivity index (χ0v) is 15.0. The van der Waals surface area contributed by atoms with Crippen molar-refractivity contribution in [2.24, 2.45) is 0 Å². The number of carboxylic acid groups (broad SMARTS) is 1. The van der Waals surface area contributed by atoms with Crippen LogP contribution in [0.5, 0.6) is 5.75 Å². The van der Waals surface area contributed by atoms with Gasteiger partial charge in [0.2, 0.25) is 0 Å². The number of aliphatic carboxylic acids is 1. The van der Waals surface area contributed by atoms with Gasteiger partial charge in [-0.05, 0) is 31.3 Å². The lowest BCUT2D eigenvalue weighted by molar-refractivity contribution is -0.131. The van der Waals surface area contributed by atoms with E-state index in [1.54, 1.807) is 18.2 Å². The summed E-state index contributed by atoms with van der Waals surface area (Å²) in [4.78, 5) is 29.4. The number of ether oxygens (including phenoxy) is 1. The zero-order chi connectivity index (χ0) is 17.5. The number of carbonyl (C=O) groups is 1. The highest BCUT2D eigenvalue weighted by molar-refractivity contribution is 5.85. The summed E-state index contributed by atoms with van der Waals surface area (Å²) in [5, 5.41) is 9.04. The second-order valence-corrected chi connectivity index (χ2v) is 5.17. The molecule has 0 bridgehead atoms. The number of halogens is 1. The molecular weight excluding hydrogens is 346 g/mol. The first-order valence-corrected chi connectivity index (χ1v) is 7.82. The summed E-state index contributed by atoms with van der Waals surface area (Å²) in [5.74, 6) is -0.538. The van der Waals surface area contributed by atoms with Crippen LogP contribution in [0.2, 0.25) is 0 Å². The topological polar surface area (TPSA) is 84.7 Å². The minimum Gasteiger partial charge on any atom is -0.492 e. The Balaban J connectivity index is 0.00000312. The third-order valence-electron chi connectivity index (χ3n) is 3.70. The molecule has 0 fully saturated rings. The van der Waals surface area contributed by atoms with Crippen molar-refractivity contribution in [3.05, 3.63) is 41.0 Å². The number of benzene rings is 1. The van der Waals surface area contributed by atoms with Crippen LogP contribution in [0.4, 0.5) is 0 Å². The number of fused-ring (bicyclic) bond motifs is 1. The summed E-state index contributed by atoms with van der Waals surface area (Å²) < 4.78 is 6.85. The number of carboxylic acids is 1. The first kappa shape index (κ1) is 20.7. The molecule has 0 saturated heterocycles. The highest BCUT2D eigenvalue weighted by Gasteiger charge is 2.06. The van der Waals surface area contributed by atoms with Gasteiger partial charge < -0.3 is 14.7 Å². The molecule has 0 unspecified atom stereocenters. The van der Waals surface area contributed by atoms with Crippen LogP contribution in [0, 0.1) is 0 Å². The molecule has 0 amide bonds. The molecule has 25 heavy (non-hydrogen) atoms. The van der Waals surface area contributed by atoms with Crippen LogP contribution in [0.1, 0.15) is 13.8 Å². The van der Waals surface area contributed by atoms with Crippen molar-refractivity contribution in [2.45, 2.75) is 13.8 Å². The maximum atomic E-state index is 12.4. The van der Waals surface area contributed by atoms with Crippen LogP contribution in [0.25, 0.3) is 17.1 Å². The molecule has 0 atom stereocenters. The van der Waals surface area contributed by atoms with E-state index in [1.807, 2.05) is 0 Å². The minimum atomic E-state index is -1.13. The van der Waals surface area contributed by atoms with Crippen molar-refractivity contribution < 1.29 is 14.6 Å². The molecule has 2 aromatic rings.